The third kappa shape index (κ3) is 3.91. The summed E-state index contributed by atoms with van der Waals surface area (Å²) in [6.07, 6.45) is -0.0524. The molecule has 0 aliphatic carbocycles. The van der Waals surface area contributed by atoms with Crippen LogP contribution in [0.1, 0.15) is 31.9 Å². The molecule has 132 valence electrons. The number of carbonyl (C=O) groups is 2. The highest BCUT2D eigenvalue weighted by Crippen LogP contribution is 2.24. The van der Waals surface area contributed by atoms with Gasteiger partial charge in [-0.15, -0.1) is 0 Å². The summed E-state index contributed by atoms with van der Waals surface area (Å²) < 4.78 is 5.24. The number of nitrogens with one attached hydrogen (secondary N) is 3. The maximum Gasteiger partial charge on any atom is 0.238 e. The lowest BCUT2D eigenvalue weighted by molar-refractivity contribution is -0.132. The second-order valence-electron chi connectivity index (χ2n) is 6.42. The van der Waals surface area contributed by atoms with Gasteiger partial charge in [0.15, 0.2) is 0 Å². The summed E-state index contributed by atoms with van der Waals surface area (Å²) in [7, 11) is 1.65. The minimum absolute atomic E-state index is 0.112. The first-order valence-corrected chi connectivity index (χ1v) is 8.40. The van der Waals surface area contributed by atoms with E-state index in [4.69, 9.17) is 4.74 Å². The summed E-state index contributed by atoms with van der Waals surface area (Å²) in [5.74, 6) is 0.542. The second kappa shape index (κ2) is 7.11. The van der Waals surface area contributed by atoms with Crippen LogP contribution in [0, 0.1) is 0 Å². The molecule has 3 rings (SSSR count). The summed E-state index contributed by atoms with van der Waals surface area (Å²) in [6, 6.07) is 11.3. The standard InChI is InChI=1S/C19H23N3O3/c1-11(20-19(24)17-10-18(23)22-12(2)21-17)13-4-5-15-9-16(25-3)7-6-14(15)8-13/h4-9,11-12,17,21H,10H2,1-3H3,(H,20,24)(H,22,23). The average Bonchev–Trinajstić information content (AvgIpc) is 2.59. The molecular weight excluding hydrogens is 318 g/mol. The van der Waals surface area contributed by atoms with E-state index in [9.17, 15) is 9.59 Å². The van der Waals surface area contributed by atoms with Gasteiger partial charge in [0.2, 0.25) is 11.8 Å². The van der Waals surface area contributed by atoms with Crippen LogP contribution in [-0.4, -0.2) is 31.1 Å². The van der Waals surface area contributed by atoms with Crippen LogP contribution in [0.25, 0.3) is 10.8 Å². The lowest BCUT2D eigenvalue weighted by Gasteiger charge is -2.29. The van der Waals surface area contributed by atoms with Crippen LogP contribution < -0.4 is 20.7 Å². The Bertz CT molecular complexity index is 806. The summed E-state index contributed by atoms with van der Waals surface area (Å²) in [4.78, 5) is 24.1. The van der Waals surface area contributed by atoms with Gasteiger partial charge in [-0.25, -0.2) is 0 Å². The lowest BCUT2D eigenvalue weighted by Crippen LogP contribution is -2.59. The Morgan fingerprint density at radius 1 is 1.24 bits per heavy atom. The number of amides is 2. The van der Waals surface area contributed by atoms with Crippen LogP contribution in [0.15, 0.2) is 36.4 Å². The Hall–Kier alpha value is -2.60. The van der Waals surface area contributed by atoms with Crippen molar-refractivity contribution in [3.8, 4) is 5.75 Å². The fourth-order valence-electron chi connectivity index (χ4n) is 3.09. The first kappa shape index (κ1) is 17.2. The van der Waals surface area contributed by atoms with Gasteiger partial charge in [0.25, 0.3) is 0 Å². The predicted molar refractivity (Wildman–Crippen MR) is 96.2 cm³/mol. The largest absolute Gasteiger partial charge is 0.497 e. The number of ether oxygens (including phenoxy) is 1. The maximum absolute atomic E-state index is 12.4. The van der Waals surface area contributed by atoms with Crippen molar-refractivity contribution in [1.82, 2.24) is 16.0 Å². The predicted octanol–water partition coefficient (Wildman–Crippen LogP) is 1.85. The van der Waals surface area contributed by atoms with Gasteiger partial charge in [-0.1, -0.05) is 18.2 Å². The molecular formula is C19H23N3O3. The summed E-state index contributed by atoms with van der Waals surface area (Å²) in [6.45, 7) is 3.76. The van der Waals surface area contributed by atoms with Crippen LogP contribution in [0.5, 0.6) is 5.75 Å². The van der Waals surface area contributed by atoms with E-state index < -0.39 is 6.04 Å². The normalized spacial score (nSPS) is 21.5. The summed E-state index contributed by atoms with van der Waals surface area (Å²) >= 11 is 0. The molecule has 1 saturated heterocycles. The molecule has 2 aromatic carbocycles. The Morgan fingerprint density at radius 2 is 1.96 bits per heavy atom. The van der Waals surface area contributed by atoms with Gasteiger partial charge in [0, 0.05) is 0 Å². The van der Waals surface area contributed by atoms with Crippen LogP contribution in [0.3, 0.4) is 0 Å². The zero-order chi connectivity index (χ0) is 18.0. The molecule has 25 heavy (non-hydrogen) atoms. The number of carbonyl (C=O) groups excluding carboxylic acids is 2. The molecule has 0 saturated carbocycles. The molecule has 0 aromatic heterocycles. The smallest absolute Gasteiger partial charge is 0.238 e. The summed E-state index contributed by atoms with van der Waals surface area (Å²) in [5.41, 5.74) is 1.01. The molecule has 3 atom stereocenters. The number of fused-ring (bicyclic) bond motifs is 1. The van der Waals surface area contributed by atoms with Crippen molar-refractivity contribution >= 4 is 22.6 Å². The number of benzene rings is 2. The topological polar surface area (TPSA) is 79.5 Å². The highest BCUT2D eigenvalue weighted by atomic mass is 16.5. The molecule has 0 bridgehead atoms. The van der Waals surface area contributed by atoms with Crippen molar-refractivity contribution in [2.45, 2.75) is 38.5 Å². The Kier molecular flexibility index (Phi) is 4.90. The van der Waals surface area contributed by atoms with Gasteiger partial charge in [-0.3, -0.25) is 14.9 Å². The van der Waals surface area contributed by atoms with Gasteiger partial charge < -0.3 is 15.4 Å². The first-order chi connectivity index (χ1) is 12.0. The fourth-order valence-corrected chi connectivity index (χ4v) is 3.09. The lowest BCUT2D eigenvalue weighted by atomic mass is 10.0. The molecule has 1 fully saturated rings. The monoisotopic (exact) mass is 341 g/mol. The molecule has 3 N–H and O–H groups in total. The molecule has 0 radical (unpaired) electrons. The van der Waals surface area contributed by atoms with Gasteiger partial charge >= 0.3 is 0 Å². The Labute approximate surface area is 146 Å². The van der Waals surface area contributed by atoms with Gasteiger partial charge in [0.05, 0.1) is 31.8 Å². The minimum Gasteiger partial charge on any atom is -0.497 e. The number of hydrogen-bond donors (Lipinski definition) is 3. The first-order valence-electron chi connectivity index (χ1n) is 8.40. The van der Waals surface area contributed by atoms with Crippen molar-refractivity contribution in [2.75, 3.05) is 7.11 Å². The van der Waals surface area contributed by atoms with Crippen molar-refractivity contribution in [1.29, 1.82) is 0 Å². The molecule has 1 aliphatic heterocycles. The summed E-state index contributed by atoms with van der Waals surface area (Å²) in [5, 5.41) is 11.0. The number of rotatable bonds is 4. The van der Waals surface area contributed by atoms with E-state index in [1.54, 1.807) is 7.11 Å². The molecule has 2 amide bonds. The van der Waals surface area contributed by atoms with E-state index >= 15 is 0 Å². The quantitative estimate of drug-likeness (QED) is 0.793. The SMILES string of the molecule is COc1ccc2cc(C(C)NC(=O)C3CC(=O)NC(C)N3)ccc2c1. The van der Waals surface area contributed by atoms with Crippen LogP contribution in [0.2, 0.25) is 0 Å². The average molecular weight is 341 g/mol. The van der Waals surface area contributed by atoms with E-state index in [0.29, 0.717) is 0 Å². The van der Waals surface area contributed by atoms with Crippen LogP contribution >= 0.6 is 0 Å². The zero-order valence-corrected chi connectivity index (χ0v) is 14.6. The van der Waals surface area contributed by atoms with Crippen LogP contribution in [0.4, 0.5) is 0 Å². The van der Waals surface area contributed by atoms with Gasteiger partial charge in [-0.05, 0) is 48.4 Å². The number of methoxy groups -OCH3 is 1. The molecule has 0 spiro atoms. The van der Waals surface area contributed by atoms with E-state index in [2.05, 4.69) is 22.0 Å². The fraction of sp³-hybridized carbons (Fsp3) is 0.368. The molecule has 6 nitrogen and oxygen atoms in total. The van der Waals surface area contributed by atoms with E-state index in [1.165, 1.54) is 0 Å². The third-order valence-electron chi connectivity index (χ3n) is 4.46. The Balaban J connectivity index is 1.72. The molecule has 2 aromatic rings. The van der Waals surface area contributed by atoms with Crippen molar-refractivity contribution in [3.05, 3.63) is 42.0 Å². The van der Waals surface area contributed by atoms with Gasteiger partial charge in [0.1, 0.15) is 5.75 Å². The highest BCUT2D eigenvalue weighted by molar-refractivity contribution is 5.90. The van der Waals surface area contributed by atoms with E-state index in [-0.39, 0.29) is 30.4 Å². The van der Waals surface area contributed by atoms with E-state index in [0.717, 1.165) is 22.1 Å². The molecule has 1 aliphatic rings. The van der Waals surface area contributed by atoms with Crippen molar-refractivity contribution in [3.63, 3.8) is 0 Å². The highest BCUT2D eigenvalue weighted by Gasteiger charge is 2.29. The van der Waals surface area contributed by atoms with Crippen LogP contribution in [-0.2, 0) is 9.59 Å². The zero-order valence-electron chi connectivity index (χ0n) is 14.6. The number of hydrogen-bond acceptors (Lipinski definition) is 4. The maximum atomic E-state index is 12.4. The van der Waals surface area contributed by atoms with E-state index in [1.807, 2.05) is 44.2 Å². The second-order valence-corrected chi connectivity index (χ2v) is 6.42. The third-order valence-corrected chi connectivity index (χ3v) is 4.46. The van der Waals surface area contributed by atoms with Crippen molar-refractivity contribution in [2.24, 2.45) is 0 Å². The Morgan fingerprint density at radius 3 is 2.68 bits per heavy atom. The van der Waals surface area contributed by atoms with Crippen molar-refractivity contribution < 1.29 is 14.3 Å². The molecule has 6 heteroatoms. The minimum atomic E-state index is -0.504. The molecule has 1 heterocycles. The van der Waals surface area contributed by atoms with Gasteiger partial charge in [-0.2, -0.15) is 0 Å². The molecule has 3 unspecified atom stereocenters.